The van der Waals surface area contributed by atoms with E-state index in [1.54, 1.807) is 0 Å². The third kappa shape index (κ3) is 17.0. The Morgan fingerprint density at radius 1 is 0.633 bits per heavy atom. The molecule has 0 fully saturated rings. The molecule has 30 heavy (non-hydrogen) atoms. The maximum Gasteiger partial charge on any atom is 0.309 e. The first-order valence-corrected chi connectivity index (χ1v) is 11.5. The fraction of sp³-hybridized carbons (Fsp3) is 0.783. The van der Waals surface area contributed by atoms with Gasteiger partial charge >= 0.3 is 17.9 Å². The molecule has 7 heteroatoms. The molecule has 0 saturated carbocycles. The zero-order chi connectivity index (χ0) is 22.7. The van der Waals surface area contributed by atoms with Crippen molar-refractivity contribution in [3.05, 3.63) is 12.2 Å². The van der Waals surface area contributed by atoms with Crippen molar-refractivity contribution in [1.82, 2.24) is 0 Å². The quantitative estimate of drug-likeness (QED) is 0.139. The smallest absolute Gasteiger partial charge is 0.309 e. The summed E-state index contributed by atoms with van der Waals surface area (Å²) in [5.74, 6) is -2.87. The van der Waals surface area contributed by atoms with E-state index in [-0.39, 0.29) is 43.4 Å². The lowest BCUT2D eigenvalue weighted by atomic mass is 10.1. The summed E-state index contributed by atoms with van der Waals surface area (Å²) in [6.45, 7) is 3.39. The van der Waals surface area contributed by atoms with Gasteiger partial charge in [-0.05, 0) is 18.9 Å². The summed E-state index contributed by atoms with van der Waals surface area (Å²) in [4.78, 5) is 33.1. The van der Waals surface area contributed by atoms with E-state index in [2.05, 4.69) is 13.0 Å². The van der Waals surface area contributed by atoms with Crippen molar-refractivity contribution in [3.63, 3.8) is 0 Å². The maximum atomic E-state index is 11.0. The van der Waals surface area contributed by atoms with Gasteiger partial charge in [0.1, 0.15) is 0 Å². The minimum absolute atomic E-state index is 0.106. The molecule has 0 radical (unpaired) electrons. The van der Waals surface area contributed by atoms with Crippen LogP contribution in [0.25, 0.3) is 0 Å². The Morgan fingerprint density at radius 2 is 1.03 bits per heavy atom. The molecule has 0 rings (SSSR count). The molecule has 0 amide bonds. The van der Waals surface area contributed by atoms with Crippen LogP contribution < -0.4 is 0 Å². The maximum absolute atomic E-state index is 11.0. The SMILES string of the molecule is CCCCCCCCCCC/C=C/C[N+](CCC(=O)O)(CCC(=O)O)CCC(=O)O. The molecule has 0 saturated heterocycles. The summed E-state index contributed by atoms with van der Waals surface area (Å²) >= 11 is 0. The van der Waals surface area contributed by atoms with Gasteiger partial charge in [0, 0.05) is 0 Å². The minimum atomic E-state index is -0.957. The van der Waals surface area contributed by atoms with Gasteiger partial charge in [-0.1, -0.05) is 64.4 Å². The van der Waals surface area contributed by atoms with Gasteiger partial charge in [0.2, 0.25) is 0 Å². The van der Waals surface area contributed by atoms with Crippen LogP contribution in [0.2, 0.25) is 0 Å². The molecule has 0 aliphatic carbocycles. The highest BCUT2D eigenvalue weighted by molar-refractivity contribution is 5.67. The van der Waals surface area contributed by atoms with E-state index in [0.717, 1.165) is 12.8 Å². The fourth-order valence-corrected chi connectivity index (χ4v) is 3.60. The molecule has 0 atom stereocenters. The summed E-state index contributed by atoms with van der Waals surface area (Å²) in [7, 11) is 0. The summed E-state index contributed by atoms with van der Waals surface area (Å²) in [6.07, 6.45) is 16.1. The Kier molecular flexibility index (Phi) is 16.8. The average Bonchev–Trinajstić information content (AvgIpc) is 2.69. The Morgan fingerprint density at radius 3 is 1.43 bits per heavy atom. The number of carbonyl (C=O) groups is 3. The highest BCUT2D eigenvalue weighted by Gasteiger charge is 2.28. The summed E-state index contributed by atoms with van der Waals surface area (Å²) in [5.41, 5.74) is 0. The summed E-state index contributed by atoms with van der Waals surface area (Å²) < 4.78 is 0.180. The molecule has 0 spiro atoms. The van der Waals surface area contributed by atoms with Gasteiger partial charge in [-0.15, -0.1) is 0 Å². The normalized spacial score (nSPS) is 11.8. The largest absolute Gasteiger partial charge is 0.481 e. The molecule has 0 bridgehead atoms. The zero-order valence-corrected chi connectivity index (χ0v) is 18.7. The van der Waals surface area contributed by atoms with Crippen LogP contribution >= 0.6 is 0 Å². The zero-order valence-electron chi connectivity index (χ0n) is 18.7. The predicted molar refractivity (Wildman–Crippen MR) is 117 cm³/mol. The molecule has 174 valence electrons. The highest BCUT2D eigenvalue weighted by atomic mass is 16.4. The standard InChI is InChI=1S/C23H41NO6/c1-2-3-4-5-6-7-8-9-10-11-12-13-17-24(18-14-21(25)26,19-15-22(27)28)20-16-23(29)30/h12-13H,2-11,14-20H2,1H3,(H2-,25,26,27,28,29,30)/p+1/b13-12+. The van der Waals surface area contributed by atoms with Crippen LogP contribution in [0, 0.1) is 0 Å². The second-order valence-electron chi connectivity index (χ2n) is 8.21. The number of unbranched alkanes of at least 4 members (excludes halogenated alkanes) is 9. The Bertz CT molecular complexity index is 472. The van der Waals surface area contributed by atoms with Crippen LogP contribution in [0.4, 0.5) is 0 Å². The van der Waals surface area contributed by atoms with Crippen LogP contribution in [0.3, 0.4) is 0 Å². The number of carboxylic acids is 3. The number of nitrogens with zero attached hydrogens (tertiary/aromatic N) is 1. The van der Waals surface area contributed by atoms with Gasteiger partial charge in [-0.25, -0.2) is 0 Å². The minimum Gasteiger partial charge on any atom is -0.481 e. The third-order valence-corrected chi connectivity index (χ3v) is 5.53. The van der Waals surface area contributed by atoms with Crippen molar-refractivity contribution in [2.24, 2.45) is 0 Å². The van der Waals surface area contributed by atoms with Gasteiger partial charge in [-0.2, -0.15) is 0 Å². The monoisotopic (exact) mass is 428 g/mol. The number of hydrogen-bond donors (Lipinski definition) is 3. The number of rotatable bonds is 21. The Balaban J connectivity index is 4.45. The van der Waals surface area contributed by atoms with Gasteiger partial charge in [0.05, 0.1) is 45.4 Å². The van der Waals surface area contributed by atoms with Crippen LogP contribution in [-0.4, -0.2) is 63.9 Å². The van der Waals surface area contributed by atoms with Crippen molar-refractivity contribution >= 4 is 17.9 Å². The second kappa shape index (κ2) is 17.9. The topological polar surface area (TPSA) is 112 Å². The number of carboxylic acid groups (broad SMARTS) is 3. The lowest BCUT2D eigenvalue weighted by Crippen LogP contribution is -2.51. The molecule has 0 unspecified atom stereocenters. The predicted octanol–water partition coefficient (Wildman–Crippen LogP) is 4.70. The van der Waals surface area contributed by atoms with Crippen molar-refractivity contribution in [3.8, 4) is 0 Å². The summed E-state index contributed by atoms with van der Waals surface area (Å²) in [5, 5.41) is 27.1. The number of quaternary nitrogens is 1. The van der Waals surface area contributed by atoms with Gasteiger partial charge in [0.15, 0.2) is 0 Å². The van der Waals surface area contributed by atoms with Crippen LogP contribution in [0.15, 0.2) is 12.2 Å². The van der Waals surface area contributed by atoms with E-state index in [4.69, 9.17) is 15.3 Å². The molecule has 0 aromatic heterocycles. The van der Waals surface area contributed by atoms with Crippen LogP contribution in [-0.2, 0) is 14.4 Å². The van der Waals surface area contributed by atoms with Crippen molar-refractivity contribution in [2.45, 2.75) is 90.4 Å². The first-order valence-electron chi connectivity index (χ1n) is 11.5. The van der Waals surface area contributed by atoms with E-state index < -0.39 is 17.9 Å². The molecular weight excluding hydrogens is 386 g/mol. The van der Waals surface area contributed by atoms with Gasteiger partial charge in [0.25, 0.3) is 0 Å². The molecule has 0 aromatic carbocycles. The lowest BCUT2D eigenvalue weighted by molar-refractivity contribution is -0.921. The Hall–Kier alpha value is -1.89. The fourth-order valence-electron chi connectivity index (χ4n) is 3.60. The number of hydrogen-bond acceptors (Lipinski definition) is 3. The average molecular weight is 429 g/mol. The molecule has 0 aliphatic rings. The molecule has 3 N–H and O–H groups in total. The number of allylic oxidation sites excluding steroid dienone is 1. The first kappa shape index (κ1) is 28.1. The van der Waals surface area contributed by atoms with Crippen molar-refractivity contribution < 1.29 is 34.2 Å². The van der Waals surface area contributed by atoms with E-state index >= 15 is 0 Å². The van der Waals surface area contributed by atoms with Crippen LogP contribution in [0.1, 0.15) is 90.4 Å². The first-order chi connectivity index (χ1) is 14.3. The highest BCUT2D eigenvalue weighted by Crippen LogP contribution is 2.14. The second-order valence-corrected chi connectivity index (χ2v) is 8.21. The number of aliphatic carboxylic acids is 3. The van der Waals surface area contributed by atoms with E-state index in [1.807, 2.05) is 6.08 Å². The van der Waals surface area contributed by atoms with E-state index in [9.17, 15) is 14.4 Å². The molecule has 0 aromatic rings. The van der Waals surface area contributed by atoms with E-state index in [1.165, 1.54) is 51.4 Å². The summed E-state index contributed by atoms with van der Waals surface area (Å²) in [6, 6.07) is 0. The van der Waals surface area contributed by atoms with Crippen LogP contribution in [0.5, 0.6) is 0 Å². The van der Waals surface area contributed by atoms with Crippen molar-refractivity contribution in [2.75, 3.05) is 26.2 Å². The lowest BCUT2D eigenvalue weighted by Gasteiger charge is -2.37. The Labute approximate surface area is 181 Å². The third-order valence-electron chi connectivity index (χ3n) is 5.53. The van der Waals surface area contributed by atoms with E-state index in [0.29, 0.717) is 6.54 Å². The molecule has 7 nitrogen and oxygen atoms in total. The molecule has 0 aliphatic heterocycles. The molecule has 0 heterocycles. The molecular formula is C23H42NO6+. The van der Waals surface area contributed by atoms with Gasteiger partial charge in [-0.3, -0.25) is 14.4 Å². The van der Waals surface area contributed by atoms with Gasteiger partial charge < -0.3 is 19.8 Å². The van der Waals surface area contributed by atoms with Crippen molar-refractivity contribution in [1.29, 1.82) is 0 Å².